The number of thiol groups is 1. The summed E-state index contributed by atoms with van der Waals surface area (Å²) in [5.41, 5.74) is 0.962. The average Bonchev–Trinajstić information content (AvgIpc) is 2.86. The first-order valence-electron chi connectivity index (χ1n) is 6.91. The Morgan fingerprint density at radius 3 is 2.43 bits per heavy atom. The van der Waals surface area contributed by atoms with E-state index in [2.05, 4.69) is 12.6 Å². The summed E-state index contributed by atoms with van der Waals surface area (Å²) < 4.78 is 10.3. The summed E-state index contributed by atoms with van der Waals surface area (Å²) in [4.78, 5) is 13.7. The molecule has 1 aromatic carbocycles. The van der Waals surface area contributed by atoms with Gasteiger partial charge in [0.25, 0.3) is 0 Å². The van der Waals surface area contributed by atoms with E-state index in [9.17, 15) is 9.90 Å². The van der Waals surface area contributed by atoms with E-state index < -0.39 is 0 Å². The van der Waals surface area contributed by atoms with Gasteiger partial charge in [0.05, 0.1) is 14.2 Å². The molecule has 21 heavy (non-hydrogen) atoms. The number of carbonyl (C=O) groups excluding carboxylic acids is 1. The van der Waals surface area contributed by atoms with Gasteiger partial charge in [-0.15, -0.1) is 0 Å². The van der Waals surface area contributed by atoms with Crippen molar-refractivity contribution in [3.8, 4) is 17.2 Å². The Kier molecular flexibility index (Phi) is 5.22. The fraction of sp³-hybridized carbons (Fsp3) is 0.533. The van der Waals surface area contributed by atoms with Gasteiger partial charge in [0, 0.05) is 19.5 Å². The first-order valence-corrected chi connectivity index (χ1v) is 7.54. The maximum absolute atomic E-state index is 11.9. The van der Waals surface area contributed by atoms with Gasteiger partial charge in [0.2, 0.25) is 11.7 Å². The maximum Gasteiger partial charge on any atom is 0.222 e. The van der Waals surface area contributed by atoms with Gasteiger partial charge in [-0.25, -0.2) is 0 Å². The molecule has 1 fully saturated rings. The number of amides is 1. The van der Waals surface area contributed by atoms with Crippen LogP contribution in [0.25, 0.3) is 0 Å². The second-order valence-electron chi connectivity index (χ2n) is 5.19. The van der Waals surface area contributed by atoms with E-state index in [1.54, 1.807) is 12.1 Å². The van der Waals surface area contributed by atoms with Gasteiger partial charge >= 0.3 is 0 Å². The van der Waals surface area contributed by atoms with Crippen molar-refractivity contribution in [2.75, 3.05) is 33.1 Å². The van der Waals surface area contributed by atoms with E-state index in [1.165, 1.54) is 14.2 Å². The van der Waals surface area contributed by atoms with Gasteiger partial charge in [-0.1, -0.05) is 0 Å². The number of likely N-dealkylation sites (tertiary alicyclic amines) is 1. The van der Waals surface area contributed by atoms with Crippen molar-refractivity contribution < 1.29 is 19.4 Å². The third kappa shape index (κ3) is 3.56. The van der Waals surface area contributed by atoms with Crippen LogP contribution in [0.1, 0.15) is 12.0 Å². The number of carbonyl (C=O) groups is 1. The highest BCUT2D eigenvalue weighted by Crippen LogP contribution is 2.37. The fourth-order valence-electron chi connectivity index (χ4n) is 2.55. The third-order valence-corrected chi connectivity index (χ3v) is 4.28. The molecule has 5 nitrogen and oxygen atoms in total. The van der Waals surface area contributed by atoms with Crippen molar-refractivity contribution in [1.29, 1.82) is 0 Å². The predicted octanol–water partition coefficient (Wildman–Crippen LogP) is 1.73. The molecule has 0 bridgehead atoms. The van der Waals surface area contributed by atoms with E-state index in [-0.39, 0.29) is 11.7 Å². The van der Waals surface area contributed by atoms with Crippen molar-refractivity contribution in [3.63, 3.8) is 0 Å². The van der Waals surface area contributed by atoms with Gasteiger partial charge in [-0.05, 0) is 35.8 Å². The summed E-state index contributed by atoms with van der Waals surface area (Å²) in [6.07, 6.45) is 1.28. The summed E-state index contributed by atoms with van der Waals surface area (Å²) in [5.74, 6) is 2.03. The average molecular weight is 311 g/mol. The van der Waals surface area contributed by atoms with Crippen LogP contribution in [0.3, 0.4) is 0 Å². The molecular weight excluding hydrogens is 290 g/mol. The lowest BCUT2D eigenvalue weighted by atomic mass is 10.1. The van der Waals surface area contributed by atoms with E-state index in [1.807, 2.05) is 4.90 Å². The number of benzene rings is 1. The molecule has 1 aliphatic rings. The molecule has 0 radical (unpaired) electrons. The van der Waals surface area contributed by atoms with E-state index >= 15 is 0 Å². The van der Waals surface area contributed by atoms with Crippen LogP contribution < -0.4 is 9.47 Å². The Balaban J connectivity index is 2.05. The molecular formula is C15H21NO4S. The molecule has 0 saturated carbocycles. The largest absolute Gasteiger partial charge is 0.502 e. The molecule has 2 rings (SSSR count). The second-order valence-corrected chi connectivity index (χ2v) is 5.56. The zero-order valence-corrected chi connectivity index (χ0v) is 13.2. The summed E-state index contributed by atoms with van der Waals surface area (Å²) in [5, 5.41) is 9.88. The van der Waals surface area contributed by atoms with Crippen molar-refractivity contribution in [3.05, 3.63) is 17.7 Å². The number of aromatic hydroxyl groups is 1. The van der Waals surface area contributed by atoms with Gasteiger partial charge in [-0.3, -0.25) is 4.79 Å². The Bertz CT molecular complexity index is 495. The van der Waals surface area contributed by atoms with E-state index in [4.69, 9.17) is 9.47 Å². The topological polar surface area (TPSA) is 59.0 Å². The number of nitrogens with zero attached hydrogens (tertiary/aromatic N) is 1. The van der Waals surface area contributed by atoms with Crippen LogP contribution in [0.2, 0.25) is 0 Å². The Labute approximate surface area is 130 Å². The fourth-order valence-corrected chi connectivity index (χ4v) is 2.79. The van der Waals surface area contributed by atoms with Crippen molar-refractivity contribution >= 4 is 18.5 Å². The SMILES string of the molecule is COc1cc(CCN2CC(CS)CC2=O)cc(OC)c1O. The van der Waals surface area contributed by atoms with Crippen LogP contribution >= 0.6 is 12.6 Å². The van der Waals surface area contributed by atoms with Crippen molar-refractivity contribution in [2.45, 2.75) is 12.8 Å². The first kappa shape index (κ1) is 15.8. The summed E-state index contributed by atoms with van der Waals surface area (Å²) in [6, 6.07) is 3.54. The van der Waals surface area contributed by atoms with Crippen LogP contribution in [0.4, 0.5) is 0 Å². The van der Waals surface area contributed by atoms with Gasteiger partial charge < -0.3 is 19.5 Å². The molecule has 0 aromatic heterocycles. The number of hydrogen-bond donors (Lipinski definition) is 2. The minimum Gasteiger partial charge on any atom is -0.502 e. The smallest absolute Gasteiger partial charge is 0.222 e. The van der Waals surface area contributed by atoms with Gasteiger partial charge in [-0.2, -0.15) is 12.6 Å². The lowest BCUT2D eigenvalue weighted by Gasteiger charge is -2.17. The Morgan fingerprint density at radius 2 is 1.95 bits per heavy atom. The highest BCUT2D eigenvalue weighted by atomic mass is 32.1. The highest BCUT2D eigenvalue weighted by Gasteiger charge is 2.28. The number of rotatable bonds is 6. The molecule has 1 N–H and O–H groups in total. The number of phenols is 1. The molecule has 1 heterocycles. The van der Waals surface area contributed by atoms with Crippen LogP contribution in [0, 0.1) is 5.92 Å². The van der Waals surface area contributed by atoms with Crippen LogP contribution in [0.15, 0.2) is 12.1 Å². The summed E-state index contributed by atoms with van der Waals surface area (Å²) in [6.45, 7) is 1.43. The normalized spacial score (nSPS) is 18.1. The van der Waals surface area contributed by atoms with Crippen LogP contribution in [0.5, 0.6) is 17.2 Å². The maximum atomic E-state index is 11.9. The molecule has 6 heteroatoms. The quantitative estimate of drug-likeness (QED) is 0.786. The lowest BCUT2D eigenvalue weighted by molar-refractivity contribution is -0.127. The van der Waals surface area contributed by atoms with Crippen LogP contribution in [-0.2, 0) is 11.2 Å². The minimum absolute atomic E-state index is 0.00358. The molecule has 1 amide bonds. The molecule has 1 aliphatic heterocycles. The zero-order chi connectivity index (χ0) is 15.4. The van der Waals surface area contributed by atoms with Gasteiger partial charge in [0.1, 0.15) is 0 Å². The van der Waals surface area contributed by atoms with Crippen molar-refractivity contribution in [2.24, 2.45) is 5.92 Å². The van der Waals surface area contributed by atoms with E-state index in [0.29, 0.717) is 36.8 Å². The van der Waals surface area contributed by atoms with Gasteiger partial charge in [0.15, 0.2) is 11.5 Å². The molecule has 1 atom stereocenters. The summed E-state index contributed by atoms with van der Waals surface area (Å²) >= 11 is 4.26. The number of phenolic OH excluding ortho intramolecular Hbond substituents is 1. The number of hydrogen-bond acceptors (Lipinski definition) is 5. The number of ether oxygens (including phenoxy) is 2. The lowest BCUT2D eigenvalue weighted by Crippen LogP contribution is -2.27. The van der Waals surface area contributed by atoms with E-state index in [0.717, 1.165) is 17.9 Å². The molecule has 1 unspecified atom stereocenters. The Hall–Kier alpha value is -1.56. The second kappa shape index (κ2) is 6.93. The number of methoxy groups -OCH3 is 2. The highest BCUT2D eigenvalue weighted by molar-refractivity contribution is 7.80. The predicted molar refractivity (Wildman–Crippen MR) is 83.5 cm³/mol. The zero-order valence-electron chi connectivity index (χ0n) is 12.3. The molecule has 1 aromatic rings. The molecule has 0 aliphatic carbocycles. The summed E-state index contributed by atoms with van der Waals surface area (Å²) in [7, 11) is 3.00. The molecule has 1 saturated heterocycles. The Morgan fingerprint density at radius 1 is 1.33 bits per heavy atom. The van der Waals surface area contributed by atoms with Crippen LogP contribution in [-0.4, -0.2) is 49.0 Å². The van der Waals surface area contributed by atoms with Crippen molar-refractivity contribution in [1.82, 2.24) is 4.90 Å². The molecule has 0 spiro atoms. The molecule has 116 valence electrons. The minimum atomic E-state index is -0.00358. The third-order valence-electron chi connectivity index (χ3n) is 3.76. The standard InChI is InChI=1S/C15H21NO4S/c1-19-12-5-10(6-13(20-2)15(12)18)3-4-16-8-11(9-21)7-14(16)17/h5-6,11,18,21H,3-4,7-9H2,1-2H3. The monoisotopic (exact) mass is 311 g/mol. The first-order chi connectivity index (χ1) is 10.1.